The Morgan fingerprint density at radius 1 is 1.38 bits per heavy atom. The third-order valence-electron chi connectivity index (χ3n) is 4.90. The predicted molar refractivity (Wildman–Crippen MR) is 98.6 cm³/mol. The van der Waals surface area contributed by atoms with Gasteiger partial charge in [0.25, 0.3) is 0 Å². The van der Waals surface area contributed by atoms with Crippen molar-refractivity contribution in [1.82, 2.24) is 4.98 Å². The van der Waals surface area contributed by atoms with E-state index in [2.05, 4.69) is 22.2 Å². The number of aromatic nitrogens is 1. The molecule has 24 heavy (non-hydrogen) atoms. The van der Waals surface area contributed by atoms with E-state index in [-0.39, 0.29) is 18.5 Å². The van der Waals surface area contributed by atoms with Crippen LogP contribution in [0.2, 0.25) is 0 Å². The van der Waals surface area contributed by atoms with Crippen LogP contribution in [0.15, 0.2) is 23.2 Å². The summed E-state index contributed by atoms with van der Waals surface area (Å²) in [7, 11) is 0. The highest BCUT2D eigenvalue weighted by Crippen LogP contribution is 2.33. The fraction of sp³-hybridized carbons (Fsp3) is 0.500. The van der Waals surface area contributed by atoms with Crippen LogP contribution in [0, 0.1) is 11.7 Å². The first-order chi connectivity index (χ1) is 11.6. The average molecular weight is 347 g/mol. The summed E-state index contributed by atoms with van der Waals surface area (Å²) < 4.78 is 14.0. The van der Waals surface area contributed by atoms with Crippen molar-refractivity contribution in [2.75, 3.05) is 17.7 Å². The van der Waals surface area contributed by atoms with Gasteiger partial charge in [-0.1, -0.05) is 6.92 Å². The Labute approximate surface area is 144 Å². The Morgan fingerprint density at radius 3 is 2.96 bits per heavy atom. The maximum Gasteiger partial charge on any atom is 0.126 e. The summed E-state index contributed by atoms with van der Waals surface area (Å²) in [4.78, 5) is 7.92. The number of aliphatic hydroxyl groups is 1. The number of benzene rings is 1. The number of H-pyrrole nitrogens is 1. The molecule has 2 unspecified atom stereocenters. The summed E-state index contributed by atoms with van der Waals surface area (Å²) in [5.74, 6) is 1.29. The summed E-state index contributed by atoms with van der Waals surface area (Å²) in [5, 5.41) is 14.5. The molecule has 1 fully saturated rings. The van der Waals surface area contributed by atoms with Crippen LogP contribution in [0.4, 0.5) is 10.1 Å². The van der Waals surface area contributed by atoms with Crippen molar-refractivity contribution in [3.05, 3.63) is 29.7 Å². The highest BCUT2D eigenvalue weighted by atomic mass is 32.2. The maximum absolute atomic E-state index is 14.0. The van der Waals surface area contributed by atoms with Crippen LogP contribution in [0.5, 0.6) is 0 Å². The Bertz CT molecular complexity index is 788. The molecule has 1 aliphatic heterocycles. The summed E-state index contributed by atoms with van der Waals surface area (Å²) in [6.07, 6.45) is 3.49. The fourth-order valence-electron chi connectivity index (χ4n) is 3.65. The topological polar surface area (TPSA) is 60.4 Å². The number of nitrogens with one attached hydrogen (secondary N) is 2. The molecule has 4 rings (SSSR count). The van der Waals surface area contributed by atoms with Gasteiger partial charge >= 0.3 is 0 Å². The van der Waals surface area contributed by atoms with Crippen LogP contribution in [0.25, 0.3) is 10.9 Å². The van der Waals surface area contributed by atoms with Crippen LogP contribution in [-0.4, -0.2) is 39.6 Å². The molecule has 0 spiro atoms. The van der Waals surface area contributed by atoms with Gasteiger partial charge in [-0.15, -0.1) is 11.8 Å². The minimum Gasteiger partial charge on any atom is -0.394 e. The number of nitrogens with zero attached hydrogens (tertiary/aromatic N) is 1. The molecule has 3 atom stereocenters. The summed E-state index contributed by atoms with van der Waals surface area (Å²) in [6.45, 7) is 2.33. The lowest BCUT2D eigenvalue weighted by Gasteiger charge is -2.15. The van der Waals surface area contributed by atoms with E-state index in [0.29, 0.717) is 6.04 Å². The zero-order valence-corrected chi connectivity index (χ0v) is 14.5. The summed E-state index contributed by atoms with van der Waals surface area (Å²) in [6, 6.07) is 5.46. The molecule has 2 heterocycles. The molecule has 0 saturated heterocycles. The van der Waals surface area contributed by atoms with Gasteiger partial charge < -0.3 is 15.4 Å². The number of aliphatic imine (C=N–C) groups is 1. The van der Waals surface area contributed by atoms with Crippen LogP contribution < -0.4 is 5.32 Å². The number of anilines is 1. The molecule has 1 aliphatic carbocycles. The Balaban J connectivity index is 1.67. The largest absolute Gasteiger partial charge is 0.394 e. The van der Waals surface area contributed by atoms with Gasteiger partial charge in [0.1, 0.15) is 10.9 Å². The predicted octanol–water partition coefficient (Wildman–Crippen LogP) is 3.76. The van der Waals surface area contributed by atoms with E-state index < -0.39 is 0 Å². The van der Waals surface area contributed by atoms with Crippen LogP contribution >= 0.6 is 11.8 Å². The molecule has 3 N–H and O–H groups in total. The molecule has 1 saturated carbocycles. The van der Waals surface area contributed by atoms with Crippen molar-refractivity contribution in [3.8, 4) is 0 Å². The lowest BCUT2D eigenvalue weighted by Crippen LogP contribution is -2.15. The molecule has 0 amide bonds. The zero-order chi connectivity index (χ0) is 16.7. The number of hydrogen-bond acceptors (Lipinski definition) is 4. The van der Waals surface area contributed by atoms with Crippen molar-refractivity contribution in [2.45, 2.75) is 38.3 Å². The lowest BCUT2D eigenvalue weighted by atomic mass is 10.1. The maximum atomic E-state index is 14.0. The molecule has 1 aromatic carbocycles. The zero-order valence-electron chi connectivity index (χ0n) is 13.7. The number of thioether (sulfide) groups is 1. The molecule has 1 aromatic heterocycles. The van der Waals surface area contributed by atoms with E-state index in [4.69, 9.17) is 0 Å². The van der Waals surface area contributed by atoms with Gasteiger partial charge in [-0.3, -0.25) is 4.99 Å². The number of rotatable bonds is 4. The minimum atomic E-state index is -0.226. The van der Waals surface area contributed by atoms with Gasteiger partial charge in [-0.05, 0) is 43.4 Å². The number of aliphatic hydroxyl groups excluding tert-OH is 1. The van der Waals surface area contributed by atoms with Crippen molar-refractivity contribution in [2.24, 2.45) is 10.9 Å². The van der Waals surface area contributed by atoms with Crippen molar-refractivity contribution in [3.63, 3.8) is 0 Å². The van der Waals surface area contributed by atoms with Gasteiger partial charge in [0.2, 0.25) is 0 Å². The number of fused-ring (bicyclic) bond motifs is 1. The average Bonchev–Trinajstić information content (AvgIpc) is 3.25. The highest BCUT2D eigenvalue weighted by molar-refractivity contribution is 8.14. The third-order valence-corrected chi connectivity index (χ3v) is 6.05. The highest BCUT2D eigenvalue weighted by Gasteiger charge is 2.23. The second-order valence-corrected chi connectivity index (χ2v) is 7.95. The van der Waals surface area contributed by atoms with E-state index >= 15 is 0 Å². The molecular formula is C18H22FN3OS. The van der Waals surface area contributed by atoms with E-state index in [1.54, 1.807) is 23.9 Å². The molecule has 2 aromatic rings. The Kier molecular flexibility index (Phi) is 4.26. The van der Waals surface area contributed by atoms with Crippen molar-refractivity contribution < 1.29 is 9.50 Å². The second kappa shape index (κ2) is 6.41. The first-order valence-electron chi connectivity index (χ1n) is 8.53. The first kappa shape index (κ1) is 16.0. The fourth-order valence-corrected chi connectivity index (χ4v) is 4.67. The third kappa shape index (κ3) is 3.05. The standard InChI is InChI=1S/C18H22FN3OS/c1-10-2-3-13(4-10)20-15-7-12(19)5-11-6-16(22-17(11)15)18-21-14(8-23)9-24-18/h5-7,10,13-14,20,22-23H,2-4,8-9H2,1H3/t10?,13?,14-/m1/s1. The number of hydrogen-bond donors (Lipinski definition) is 3. The smallest absolute Gasteiger partial charge is 0.126 e. The van der Waals surface area contributed by atoms with E-state index in [1.165, 1.54) is 6.42 Å². The molecule has 2 aliphatic rings. The van der Waals surface area contributed by atoms with Crippen molar-refractivity contribution in [1.29, 1.82) is 0 Å². The quantitative estimate of drug-likeness (QED) is 0.789. The normalized spacial score (nSPS) is 27.0. The number of halogens is 1. The first-order valence-corrected chi connectivity index (χ1v) is 9.51. The minimum absolute atomic E-state index is 0.0364. The van der Waals surface area contributed by atoms with E-state index in [1.807, 2.05) is 6.07 Å². The van der Waals surface area contributed by atoms with Gasteiger partial charge in [0, 0.05) is 17.2 Å². The van der Waals surface area contributed by atoms with Gasteiger partial charge in [-0.25, -0.2) is 4.39 Å². The summed E-state index contributed by atoms with van der Waals surface area (Å²) in [5.41, 5.74) is 2.67. The van der Waals surface area contributed by atoms with E-state index in [9.17, 15) is 9.50 Å². The molecule has 6 heteroatoms. The number of aromatic amines is 1. The van der Waals surface area contributed by atoms with Crippen LogP contribution in [-0.2, 0) is 0 Å². The Morgan fingerprint density at radius 2 is 2.25 bits per heavy atom. The molecule has 128 valence electrons. The molecule has 0 radical (unpaired) electrons. The Hall–Kier alpha value is -1.53. The van der Waals surface area contributed by atoms with Gasteiger partial charge in [-0.2, -0.15) is 0 Å². The second-order valence-electron chi connectivity index (χ2n) is 6.94. The van der Waals surface area contributed by atoms with Crippen LogP contribution in [0.3, 0.4) is 0 Å². The lowest BCUT2D eigenvalue weighted by molar-refractivity contribution is 0.277. The van der Waals surface area contributed by atoms with Crippen molar-refractivity contribution >= 4 is 33.4 Å². The molecular weight excluding hydrogens is 325 g/mol. The SMILES string of the molecule is CC1CCC(Nc2cc(F)cc3cc(C4=N[C@H](CO)CS4)[nH]c23)C1. The van der Waals surface area contributed by atoms with Crippen LogP contribution in [0.1, 0.15) is 31.9 Å². The van der Waals surface area contributed by atoms with Gasteiger partial charge in [0.15, 0.2) is 0 Å². The van der Waals surface area contributed by atoms with Gasteiger partial charge in [0.05, 0.1) is 29.5 Å². The monoisotopic (exact) mass is 347 g/mol. The molecule has 0 bridgehead atoms. The van der Waals surface area contributed by atoms with E-state index in [0.717, 1.165) is 51.8 Å². The summed E-state index contributed by atoms with van der Waals surface area (Å²) >= 11 is 1.63. The molecule has 4 nitrogen and oxygen atoms in total.